The van der Waals surface area contributed by atoms with Crippen LogP contribution in [-0.4, -0.2) is 17.3 Å². The molecule has 0 spiro atoms. The number of nitrogens with zero attached hydrogens (tertiary/aromatic N) is 1. The minimum atomic E-state index is -4.38. The molecule has 7 heteroatoms. The number of aromatic nitrogens is 1. The predicted octanol–water partition coefficient (Wildman–Crippen LogP) is 4.41. The number of para-hydroxylation sites is 1. The minimum Gasteiger partial charge on any atom is -0.490 e. The van der Waals surface area contributed by atoms with Crippen LogP contribution in [-0.2, 0) is 6.18 Å². The van der Waals surface area contributed by atoms with E-state index >= 15 is 0 Å². The molecule has 0 N–H and O–H groups in total. The number of pyridine rings is 1. The molecule has 0 unspecified atom stereocenters. The lowest BCUT2D eigenvalue weighted by Crippen LogP contribution is -2.05. The van der Waals surface area contributed by atoms with Crippen molar-refractivity contribution in [2.24, 2.45) is 0 Å². The van der Waals surface area contributed by atoms with E-state index in [-0.39, 0.29) is 12.4 Å². The Kier molecular flexibility index (Phi) is 5.06. The van der Waals surface area contributed by atoms with Crippen molar-refractivity contribution < 1.29 is 22.3 Å². The molecule has 0 radical (unpaired) electrons. The lowest BCUT2D eigenvalue weighted by molar-refractivity contribution is -0.137. The van der Waals surface area contributed by atoms with E-state index in [0.717, 1.165) is 12.3 Å². The van der Waals surface area contributed by atoms with Gasteiger partial charge in [-0.05, 0) is 24.3 Å². The fraction of sp³-hybridized carbons (Fsp3) is 0.214. The average molecular weight is 317 g/mol. The largest absolute Gasteiger partial charge is 0.490 e. The fourth-order valence-electron chi connectivity index (χ4n) is 1.49. The molecular weight excluding hydrogens is 306 g/mol. The SMILES string of the molecule is Fc1ccccc1OCCSc1ccc(C(F)(F)F)cn1. The molecule has 2 nitrogen and oxygen atoms in total. The Morgan fingerprint density at radius 2 is 1.86 bits per heavy atom. The van der Waals surface area contributed by atoms with Gasteiger partial charge in [-0.3, -0.25) is 0 Å². The number of alkyl halides is 3. The summed E-state index contributed by atoms with van der Waals surface area (Å²) in [5, 5.41) is 0.458. The van der Waals surface area contributed by atoms with E-state index in [1.54, 1.807) is 12.1 Å². The molecule has 0 saturated heterocycles. The Morgan fingerprint density at radius 1 is 1.10 bits per heavy atom. The molecule has 0 saturated carbocycles. The number of hydrogen-bond donors (Lipinski definition) is 0. The first-order valence-corrected chi connectivity index (χ1v) is 6.99. The van der Waals surface area contributed by atoms with E-state index in [0.29, 0.717) is 10.8 Å². The summed E-state index contributed by atoms with van der Waals surface area (Å²) in [6.45, 7) is 0.230. The average Bonchev–Trinajstić information content (AvgIpc) is 2.45. The normalized spacial score (nSPS) is 11.4. The molecular formula is C14H11F4NOS. The molecule has 0 bridgehead atoms. The molecule has 21 heavy (non-hydrogen) atoms. The van der Waals surface area contributed by atoms with Crippen molar-refractivity contribution in [2.45, 2.75) is 11.2 Å². The molecule has 1 heterocycles. The third-order valence-corrected chi connectivity index (χ3v) is 3.40. The second-order valence-electron chi connectivity index (χ2n) is 4.01. The second-order valence-corrected chi connectivity index (χ2v) is 5.13. The second kappa shape index (κ2) is 6.80. The van der Waals surface area contributed by atoms with Crippen LogP contribution in [0.1, 0.15) is 5.56 Å². The van der Waals surface area contributed by atoms with Crippen molar-refractivity contribution in [1.82, 2.24) is 4.98 Å². The number of thioether (sulfide) groups is 1. The minimum absolute atomic E-state index is 0.151. The molecule has 0 aliphatic rings. The summed E-state index contributed by atoms with van der Waals surface area (Å²) >= 11 is 1.24. The van der Waals surface area contributed by atoms with Gasteiger partial charge in [0.05, 0.1) is 17.2 Å². The Hall–Kier alpha value is -1.76. The number of ether oxygens (including phenoxy) is 1. The number of halogens is 4. The molecule has 0 amide bonds. The van der Waals surface area contributed by atoms with Crippen LogP contribution in [0.5, 0.6) is 5.75 Å². The maximum atomic E-state index is 13.2. The Morgan fingerprint density at radius 3 is 2.48 bits per heavy atom. The summed E-state index contributed by atoms with van der Waals surface area (Å²) in [7, 11) is 0. The van der Waals surface area contributed by atoms with Crippen LogP contribution in [0.4, 0.5) is 17.6 Å². The van der Waals surface area contributed by atoms with Gasteiger partial charge < -0.3 is 4.74 Å². The van der Waals surface area contributed by atoms with E-state index in [9.17, 15) is 17.6 Å². The van der Waals surface area contributed by atoms with Gasteiger partial charge in [0.15, 0.2) is 11.6 Å². The van der Waals surface area contributed by atoms with Gasteiger partial charge in [-0.1, -0.05) is 12.1 Å². The Bertz CT molecular complexity index is 586. The van der Waals surface area contributed by atoms with Crippen molar-refractivity contribution in [2.75, 3.05) is 12.4 Å². The van der Waals surface area contributed by atoms with Crippen LogP contribution in [0.2, 0.25) is 0 Å². The topological polar surface area (TPSA) is 22.1 Å². The monoisotopic (exact) mass is 317 g/mol. The summed E-state index contributed by atoms with van der Waals surface area (Å²) in [6.07, 6.45) is -3.59. The fourth-order valence-corrected chi connectivity index (χ4v) is 2.16. The zero-order valence-corrected chi connectivity index (χ0v) is 11.5. The zero-order chi connectivity index (χ0) is 15.3. The van der Waals surface area contributed by atoms with Crippen LogP contribution in [0.25, 0.3) is 0 Å². The van der Waals surface area contributed by atoms with Crippen LogP contribution in [0, 0.1) is 5.82 Å². The van der Waals surface area contributed by atoms with E-state index in [2.05, 4.69) is 4.98 Å². The Labute approximate surface area is 123 Å². The first kappa shape index (κ1) is 15.6. The molecule has 1 aromatic heterocycles. The smallest absolute Gasteiger partial charge is 0.417 e. The van der Waals surface area contributed by atoms with Gasteiger partial charge in [-0.15, -0.1) is 11.8 Å². The molecule has 0 aliphatic heterocycles. The van der Waals surface area contributed by atoms with E-state index < -0.39 is 17.6 Å². The molecule has 112 valence electrons. The number of benzene rings is 1. The summed E-state index contributed by atoms with van der Waals surface area (Å²) in [5.74, 6) is 0.154. The maximum absolute atomic E-state index is 13.2. The van der Waals surface area contributed by atoms with Gasteiger partial charge in [-0.25, -0.2) is 9.37 Å². The van der Waals surface area contributed by atoms with Crippen molar-refractivity contribution in [3.63, 3.8) is 0 Å². The summed E-state index contributed by atoms with van der Waals surface area (Å²) in [4.78, 5) is 3.72. The van der Waals surface area contributed by atoms with Crippen molar-refractivity contribution in [3.05, 3.63) is 54.0 Å². The van der Waals surface area contributed by atoms with Gasteiger partial charge in [0.1, 0.15) is 0 Å². The Balaban J connectivity index is 1.80. The summed E-state index contributed by atoms with van der Waals surface area (Å²) < 4.78 is 55.5. The molecule has 0 atom stereocenters. The predicted molar refractivity (Wildman–Crippen MR) is 71.9 cm³/mol. The van der Waals surface area contributed by atoms with Gasteiger partial charge in [0.2, 0.25) is 0 Å². The van der Waals surface area contributed by atoms with Crippen molar-refractivity contribution >= 4 is 11.8 Å². The maximum Gasteiger partial charge on any atom is 0.417 e. The van der Waals surface area contributed by atoms with Crippen molar-refractivity contribution in [3.8, 4) is 5.75 Å². The van der Waals surface area contributed by atoms with Gasteiger partial charge >= 0.3 is 6.18 Å². The van der Waals surface area contributed by atoms with Crippen LogP contribution in [0.15, 0.2) is 47.6 Å². The van der Waals surface area contributed by atoms with Gasteiger partial charge in [-0.2, -0.15) is 13.2 Å². The molecule has 0 aliphatic carbocycles. The highest BCUT2D eigenvalue weighted by Gasteiger charge is 2.30. The first-order chi connectivity index (χ1) is 9.97. The van der Waals surface area contributed by atoms with Gasteiger partial charge in [0.25, 0.3) is 0 Å². The third-order valence-electron chi connectivity index (χ3n) is 2.49. The summed E-state index contributed by atoms with van der Waals surface area (Å²) in [6, 6.07) is 8.30. The highest BCUT2D eigenvalue weighted by Crippen LogP contribution is 2.29. The first-order valence-electron chi connectivity index (χ1n) is 6.00. The molecule has 2 aromatic rings. The lowest BCUT2D eigenvalue weighted by Gasteiger charge is -2.08. The van der Waals surface area contributed by atoms with Crippen molar-refractivity contribution in [1.29, 1.82) is 0 Å². The van der Waals surface area contributed by atoms with Gasteiger partial charge in [0, 0.05) is 11.9 Å². The highest BCUT2D eigenvalue weighted by atomic mass is 32.2. The van der Waals surface area contributed by atoms with E-state index in [1.807, 2.05) is 0 Å². The third kappa shape index (κ3) is 4.63. The standard InChI is InChI=1S/C14H11F4NOS/c15-11-3-1-2-4-12(11)20-7-8-21-13-6-5-10(9-19-13)14(16,17)18/h1-6,9H,7-8H2. The zero-order valence-electron chi connectivity index (χ0n) is 10.7. The quantitative estimate of drug-likeness (QED) is 0.463. The number of hydrogen-bond acceptors (Lipinski definition) is 3. The molecule has 1 aromatic carbocycles. The summed E-state index contributed by atoms with van der Waals surface area (Å²) in [5.41, 5.74) is -0.783. The van der Waals surface area contributed by atoms with Crippen LogP contribution < -0.4 is 4.74 Å². The highest BCUT2D eigenvalue weighted by molar-refractivity contribution is 7.99. The molecule has 2 rings (SSSR count). The number of rotatable bonds is 5. The van der Waals surface area contributed by atoms with E-state index in [4.69, 9.17) is 4.74 Å². The van der Waals surface area contributed by atoms with Crippen LogP contribution >= 0.6 is 11.8 Å². The van der Waals surface area contributed by atoms with Crippen LogP contribution in [0.3, 0.4) is 0 Å². The van der Waals surface area contributed by atoms with E-state index in [1.165, 1.54) is 30.0 Å². The lowest BCUT2D eigenvalue weighted by atomic mass is 10.3. The molecule has 0 fully saturated rings.